The van der Waals surface area contributed by atoms with Gasteiger partial charge in [-0.1, -0.05) is 58.0 Å². The maximum absolute atomic E-state index is 14.0. The average molecular weight is 670 g/mol. The van der Waals surface area contributed by atoms with Crippen LogP contribution in [0.1, 0.15) is 86.4 Å². The molecule has 3 aliphatic rings. The van der Waals surface area contributed by atoms with Gasteiger partial charge in [0, 0.05) is 17.7 Å². The van der Waals surface area contributed by atoms with Crippen molar-refractivity contribution in [1.29, 1.82) is 0 Å². The number of anilines is 1. The van der Waals surface area contributed by atoms with E-state index in [1.165, 1.54) is 6.26 Å². The largest absolute Gasteiger partial charge is 0.469 e. The van der Waals surface area contributed by atoms with Gasteiger partial charge in [-0.15, -0.1) is 0 Å². The van der Waals surface area contributed by atoms with E-state index in [0.717, 1.165) is 22.4 Å². The van der Waals surface area contributed by atoms with Crippen LogP contribution in [-0.2, 0) is 26.2 Å². The summed E-state index contributed by atoms with van der Waals surface area (Å²) < 4.78 is 24.6. The lowest BCUT2D eigenvalue weighted by atomic mass is 9.72. The molecule has 256 valence electrons. The van der Waals surface area contributed by atoms with Gasteiger partial charge in [-0.25, -0.2) is 14.8 Å². The molecule has 5 atom stereocenters. The van der Waals surface area contributed by atoms with Crippen molar-refractivity contribution in [3.8, 4) is 17.3 Å². The minimum Gasteiger partial charge on any atom is -0.469 e. The number of hydrogen-bond acceptors (Lipinski definition) is 11. The number of aromatic nitrogens is 2. The highest BCUT2D eigenvalue weighted by molar-refractivity contribution is 5.90. The molecule has 4 bridgehead atoms. The summed E-state index contributed by atoms with van der Waals surface area (Å²) in [5.41, 5.74) is 2.27. The number of aliphatic hydroxyl groups is 1. The number of carbonyl (C=O) groups excluding carboxylic acids is 3. The Kier molecular flexibility index (Phi) is 7.97. The molecule has 0 radical (unpaired) electrons. The van der Waals surface area contributed by atoms with Crippen LogP contribution in [-0.4, -0.2) is 57.3 Å². The zero-order valence-electron chi connectivity index (χ0n) is 28.1. The molecular formula is C36H39N5O8. The Hall–Kier alpha value is -5.17. The number of para-hydroxylation sites is 1. The first-order valence-electron chi connectivity index (χ1n) is 16.5. The first-order valence-corrected chi connectivity index (χ1v) is 16.5. The van der Waals surface area contributed by atoms with Gasteiger partial charge in [0.2, 0.25) is 23.6 Å². The second-order valence-electron chi connectivity index (χ2n) is 13.7. The Morgan fingerprint density at radius 2 is 1.82 bits per heavy atom. The van der Waals surface area contributed by atoms with Crippen molar-refractivity contribution in [2.24, 2.45) is 11.8 Å². The van der Waals surface area contributed by atoms with Crippen LogP contribution in [0.4, 0.5) is 5.69 Å². The lowest BCUT2D eigenvalue weighted by Gasteiger charge is -2.29. The molecule has 1 spiro atoms. The highest BCUT2D eigenvalue weighted by Crippen LogP contribution is 2.59. The number of benzene rings is 2. The number of fused-ring (bicyclic) bond motifs is 4. The van der Waals surface area contributed by atoms with Gasteiger partial charge < -0.3 is 39.4 Å². The number of amides is 2. The topological polar surface area (TPSA) is 178 Å². The van der Waals surface area contributed by atoms with E-state index >= 15 is 0 Å². The fourth-order valence-corrected chi connectivity index (χ4v) is 6.76. The molecule has 0 fully saturated rings. The Morgan fingerprint density at radius 3 is 2.55 bits per heavy atom. The quantitative estimate of drug-likeness (QED) is 0.207. The van der Waals surface area contributed by atoms with E-state index < -0.39 is 47.6 Å². The van der Waals surface area contributed by atoms with Gasteiger partial charge >= 0.3 is 5.97 Å². The molecule has 13 heteroatoms. The zero-order chi connectivity index (χ0) is 34.8. The lowest BCUT2D eigenvalue weighted by Crippen LogP contribution is -2.52. The van der Waals surface area contributed by atoms with Crippen LogP contribution in [0.3, 0.4) is 0 Å². The molecule has 1 unspecified atom stereocenters. The summed E-state index contributed by atoms with van der Waals surface area (Å²) in [6.07, 6.45) is -0.969. The van der Waals surface area contributed by atoms with E-state index in [0.29, 0.717) is 11.5 Å². The first kappa shape index (κ1) is 32.4. The van der Waals surface area contributed by atoms with Gasteiger partial charge in [0.15, 0.2) is 23.4 Å². The highest BCUT2D eigenvalue weighted by Gasteiger charge is 2.61. The molecule has 2 amide bonds. The van der Waals surface area contributed by atoms with E-state index in [4.69, 9.17) is 23.3 Å². The lowest BCUT2D eigenvalue weighted by molar-refractivity contribution is -0.135. The van der Waals surface area contributed by atoms with Gasteiger partial charge in [-0.3, -0.25) is 9.59 Å². The van der Waals surface area contributed by atoms with Crippen LogP contribution in [0, 0.1) is 11.8 Å². The standard InChI is InChI=1S/C36H39N5O8/c1-16(2)26-33-41-27(32-38-24(15-46-32)34(45)47-18(5)6)29(49-33)36-20-9-7-8-10-22(20)39-35(36)48-25-12-11-19(13-21(25)36)14-23(30(43)40-26)37-31(44)28(42)17(3)4/h7-13,15-18,23,26,28,35,39,42H,14H2,1-6H3,(H,37,44)(H,40,43)/t23-,26-,28-,35-,36?/m0/s1. The third-order valence-corrected chi connectivity index (χ3v) is 9.21. The van der Waals surface area contributed by atoms with E-state index in [1.54, 1.807) is 27.7 Å². The predicted octanol–water partition coefficient (Wildman–Crippen LogP) is 4.24. The molecule has 7 rings (SSSR count). The van der Waals surface area contributed by atoms with E-state index in [-0.39, 0.29) is 47.5 Å². The number of rotatable bonds is 7. The maximum Gasteiger partial charge on any atom is 0.360 e. The van der Waals surface area contributed by atoms with Crippen molar-refractivity contribution < 1.29 is 37.8 Å². The summed E-state index contributed by atoms with van der Waals surface area (Å²) in [5.74, 6) is -1.19. The van der Waals surface area contributed by atoms with Crippen LogP contribution in [0.25, 0.3) is 11.6 Å². The van der Waals surface area contributed by atoms with E-state index in [2.05, 4.69) is 20.9 Å². The summed E-state index contributed by atoms with van der Waals surface area (Å²) in [6, 6.07) is 11.6. The summed E-state index contributed by atoms with van der Waals surface area (Å²) in [6.45, 7) is 10.8. The van der Waals surface area contributed by atoms with Crippen molar-refractivity contribution in [1.82, 2.24) is 20.6 Å². The monoisotopic (exact) mass is 669 g/mol. The molecule has 2 aromatic heterocycles. The molecule has 49 heavy (non-hydrogen) atoms. The summed E-state index contributed by atoms with van der Waals surface area (Å²) in [7, 11) is 0. The van der Waals surface area contributed by atoms with Crippen LogP contribution in [0.5, 0.6) is 5.75 Å². The minimum absolute atomic E-state index is 0.0272. The number of esters is 1. The molecule has 5 heterocycles. The van der Waals surface area contributed by atoms with Gasteiger partial charge in [0.05, 0.1) is 6.10 Å². The summed E-state index contributed by atoms with van der Waals surface area (Å²) >= 11 is 0. The van der Waals surface area contributed by atoms with Crippen molar-refractivity contribution in [2.45, 2.75) is 83.9 Å². The zero-order valence-corrected chi connectivity index (χ0v) is 28.1. The number of nitrogens with zero attached hydrogens (tertiary/aromatic N) is 2. The van der Waals surface area contributed by atoms with Crippen molar-refractivity contribution in [2.75, 3.05) is 5.32 Å². The number of ether oxygens (including phenoxy) is 2. The molecule has 0 saturated carbocycles. The Morgan fingerprint density at radius 1 is 1.04 bits per heavy atom. The normalized spacial score (nSPS) is 22.7. The first-order chi connectivity index (χ1) is 23.4. The van der Waals surface area contributed by atoms with E-state index in [9.17, 15) is 19.5 Å². The van der Waals surface area contributed by atoms with Crippen LogP contribution in [0.2, 0.25) is 0 Å². The maximum atomic E-state index is 14.0. The third-order valence-electron chi connectivity index (χ3n) is 9.21. The Bertz CT molecular complexity index is 1950. The highest BCUT2D eigenvalue weighted by atomic mass is 16.5. The molecule has 3 aliphatic heterocycles. The number of oxazole rings is 2. The van der Waals surface area contributed by atoms with Gasteiger partial charge in [0.25, 0.3) is 0 Å². The van der Waals surface area contributed by atoms with Crippen LogP contribution in [0.15, 0.2) is 57.6 Å². The van der Waals surface area contributed by atoms with E-state index in [1.807, 2.05) is 56.3 Å². The van der Waals surface area contributed by atoms with Gasteiger partial charge in [-0.2, -0.15) is 0 Å². The number of hydrogen-bond donors (Lipinski definition) is 4. The molecule has 4 aromatic rings. The molecular weight excluding hydrogens is 630 g/mol. The fraction of sp³-hybridized carbons (Fsp3) is 0.417. The average Bonchev–Trinajstić information content (AvgIpc) is 3.83. The minimum atomic E-state index is -1.30. The van der Waals surface area contributed by atoms with Gasteiger partial charge in [0.1, 0.15) is 35.6 Å². The number of nitrogens with one attached hydrogen (secondary N) is 3. The van der Waals surface area contributed by atoms with Crippen molar-refractivity contribution >= 4 is 23.5 Å². The second kappa shape index (κ2) is 12.1. The molecule has 4 N–H and O–H groups in total. The Labute approximate surface area is 282 Å². The molecule has 0 saturated heterocycles. The second-order valence-corrected chi connectivity index (χ2v) is 13.7. The van der Waals surface area contributed by atoms with Crippen molar-refractivity contribution in [3.05, 3.63) is 82.8 Å². The van der Waals surface area contributed by atoms with Crippen molar-refractivity contribution in [3.63, 3.8) is 0 Å². The van der Waals surface area contributed by atoms with Crippen LogP contribution >= 0.6 is 0 Å². The Balaban J connectivity index is 1.46. The summed E-state index contributed by atoms with van der Waals surface area (Å²) in [5, 5.41) is 19.8. The smallest absolute Gasteiger partial charge is 0.360 e. The molecule has 2 aromatic carbocycles. The summed E-state index contributed by atoms with van der Waals surface area (Å²) in [4.78, 5) is 49.3. The van der Waals surface area contributed by atoms with Crippen LogP contribution < -0.4 is 20.7 Å². The molecule has 13 nitrogen and oxygen atoms in total. The number of carbonyl (C=O) groups is 3. The predicted molar refractivity (Wildman–Crippen MR) is 176 cm³/mol. The number of aliphatic hydroxyl groups excluding tert-OH is 1. The molecule has 0 aliphatic carbocycles. The fourth-order valence-electron chi connectivity index (χ4n) is 6.76. The third kappa shape index (κ3) is 5.32. The van der Waals surface area contributed by atoms with Gasteiger partial charge in [-0.05, 0) is 48.9 Å². The SMILES string of the molecule is CC(C)OC(=O)c1coc(-c2nc3oc2C24c5ccccc5N[C@H]2Oc2ccc(cc24)C[C@H](NC(=O)[C@@H](O)C(C)C)C(=O)N[C@H]3C(C)C)n1.